The molecule has 1 amide bonds. The summed E-state index contributed by atoms with van der Waals surface area (Å²) in [4.78, 5) is 21.4. The molecule has 0 aliphatic rings. The minimum atomic E-state index is -0.783. The molecular weight excluding hydrogens is 206 g/mol. The Labute approximate surface area is 96.4 Å². The monoisotopic (exact) mass is 225 g/mol. The number of carboxylic acids is 1. The normalized spacial score (nSPS) is 10.2. The van der Waals surface area contributed by atoms with Gasteiger partial charge < -0.3 is 10.4 Å². The Morgan fingerprint density at radius 2 is 1.94 bits per heavy atom. The van der Waals surface area contributed by atoms with Gasteiger partial charge in [0.15, 0.2) is 0 Å². The smallest absolute Gasteiger partial charge is 0.303 e. The van der Waals surface area contributed by atoms with Crippen LogP contribution in [0.25, 0.3) is 0 Å². The second-order valence-corrected chi connectivity index (χ2v) is 4.44. The molecule has 0 aromatic heterocycles. The molecule has 4 heteroatoms. The summed E-state index contributed by atoms with van der Waals surface area (Å²) < 4.78 is 0. The van der Waals surface area contributed by atoms with E-state index in [9.17, 15) is 9.59 Å². The minimum absolute atomic E-state index is 0.0781. The summed E-state index contributed by atoms with van der Waals surface area (Å²) in [5.41, 5.74) is -0.0781. The number of carbonyl (C=O) groups is 2. The second-order valence-electron chi connectivity index (χ2n) is 4.44. The van der Waals surface area contributed by atoms with E-state index < -0.39 is 5.97 Å². The molecule has 0 aromatic carbocycles. The summed E-state index contributed by atoms with van der Waals surface area (Å²) >= 11 is 0. The van der Waals surface area contributed by atoms with Crippen molar-refractivity contribution in [3.05, 3.63) is 0 Å². The van der Waals surface area contributed by atoms with Crippen LogP contribution >= 0.6 is 0 Å². The van der Waals surface area contributed by atoms with Crippen molar-refractivity contribution in [3.8, 4) is 11.8 Å². The van der Waals surface area contributed by atoms with Gasteiger partial charge in [0.25, 0.3) is 5.91 Å². The van der Waals surface area contributed by atoms with Crippen LogP contribution in [-0.4, -0.2) is 23.5 Å². The summed E-state index contributed by atoms with van der Waals surface area (Å²) in [5.74, 6) is 3.84. The standard InChI is InChI=1S/C12H19NO3/c1-4-5-10(14)13-9-8-12(2,3)7-6-11(15)16/h6-9H2,1-3H3,(H,13,14)(H,15,16). The van der Waals surface area contributed by atoms with Crippen molar-refractivity contribution in [2.75, 3.05) is 6.54 Å². The SMILES string of the molecule is CC#CC(=O)NCCC(C)(C)CCC(=O)O. The van der Waals surface area contributed by atoms with E-state index in [1.807, 2.05) is 13.8 Å². The molecule has 4 nitrogen and oxygen atoms in total. The fraction of sp³-hybridized carbons (Fsp3) is 0.667. The molecule has 0 aliphatic heterocycles. The third kappa shape index (κ3) is 7.86. The van der Waals surface area contributed by atoms with Crippen LogP contribution in [0, 0.1) is 17.3 Å². The van der Waals surface area contributed by atoms with Crippen LogP contribution < -0.4 is 5.32 Å². The highest BCUT2D eigenvalue weighted by Crippen LogP contribution is 2.25. The second kappa shape index (κ2) is 6.89. The molecule has 0 radical (unpaired) electrons. The predicted molar refractivity (Wildman–Crippen MR) is 61.7 cm³/mol. The number of carboxylic acid groups (broad SMARTS) is 1. The summed E-state index contributed by atoms with van der Waals surface area (Å²) in [6.45, 7) is 6.12. The first kappa shape index (κ1) is 14.5. The Morgan fingerprint density at radius 3 is 2.44 bits per heavy atom. The van der Waals surface area contributed by atoms with Crippen LogP contribution in [0.1, 0.15) is 40.0 Å². The molecule has 2 N–H and O–H groups in total. The highest BCUT2D eigenvalue weighted by molar-refractivity contribution is 5.93. The van der Waals surface area contributed by atoms with E-state index in [0.717, 1.165) is 6.42 Å². The molecule has 0 saturated carbocycles. The Bertz CT molecular complexity index is 310. The Hall–Kier alpha value is -1.50. The first-order valence-electron chi connectivity index (χ1n) is 5.30. The van der Waals surface area contributed by atoms with Gasteiger partial charge in [-0.25, -0.2) is 0 Å². The average molecular weight is 225 g/mol. The maximum atomic E-state index is 11.0. The summed E-state index contributed by atoms with van der Waals surface area (Å²) in [7, 11) is 0. The van der Waals surface area contributed by atoms with E-state index in [2.05, 4.69) is 17.2 Å². The molecule has 0 saturated heterocycles. The van der Waals surface area contributed by atoms with Crippen molar-refractivity contribution < 1.29 is 14.7 Å². The van der Waals surface area contributed by atoms with Gasteiger partial charge in [-0.05, 0) is 31.1 Å². The number of amides is 1. The van der Waals surface area contributed by atoms with Crippen molar-refractivity contribution in [1.29, 1.82) is 0 Å². The third-order valence-corrected chi connectivity index (χ3v) is 2.34. The first-order valence-corrected chi connectivity index (χ1v) is 5.30. The van der Waals surface area contributed by atoms with Crippen LogP contribution in [0.4, 0.5) is 0 Å². The van der Waals surface area contributed by atoms with Gasteiger partial charge in [-0.2, -0.15) is 0 Å². The number of hydrogen-bond donors (Lipinski definition) is 2. The van der Waals surface area contributed by atoms with Crippen LogP contribution in [0.3, 0.4) is 0 Å². The van der Waals surface area contributed by atoms with Gasteiger partial charge in [-0.3, -0.25) is 9.59 Å². The van der Waals surface area contributed by atoms with Crippen LogP contribution in [-0.2, 0) is 9.59 Å². The molecule has 0 unspecified atom stereocenters. The number of nitrogens with one attached hydrogen (secondary N) is 1. The average Bonchev–Trinajstić information content (AvgIpc) is 2.15. The lowest BCUT2D eigenvalue weighted by Gasteiger charge is -2.23. The van der Waals surface area contributed by atoms with Gasteiger partial charge in [0.05, 0.1) is 0 Å². The van der Waals surface area contributed by atoms with Gasteiger partial charge in [-0.1, -0.05) is 19.8 Å². The third-order valence-electron chi connectivity index (χ3n) is 2.34. The fourth-order valence-electron chi connectivity index (χ4n) is 1.24. The Balaban J connectivity index is 3.84. The van der Waals surface area contributed by atoms with Gasteiger partial charge in [-0.15, -0.1) is 0 Å². The fourth-order valence-corrected chi connectivity index (χ4v) is 1.24. The largest absolute Gasteiger partial charge is 0.481 e. The molecule has 0 heterocycles. The molecule has 0 rings (SSSR count). The number of hydrogen-bond acceptors (Lipinski definition) is 2. The van der Waals surface area contributed by atoms with Gasteiger partial charge >= 0.3 is 5.97 Å². The number of carbonyl (C=O) groups excluding carboxylic acids is 1. The maximum absolute atomic E-state index is 11.0. The highest BCUT2D eigenvalue weighted by Gasteiger charge is 2.18. The Kier molecular flexibility index (Phi) is 6.24. The number of rotatable bonds is 6. The highest BCUT2D eigenvalue weighted by atomic mass is 16.4. The molecule has 0 atom stereocenters. The van der Waals surface area contributed by atoms with Gasteiger partial charge in [0, 0.05) is 13.0 Å². The van der Waals surface area contributed by atoms with E-state index in [-0.39, 0.29) is 17.7 Å². The van der Waals surface area contributed by atoms with Crippen molar-refractivity contribution in [1.82, 2.24) is 5.32 Å². The van der Waals surface area contributed by atoms with Gasteiger partial charge in [0.2, 0.25) is 0 Å². The molecule has 0 aliphatic carbocycles. The zero-order chi connectivity index (χ0) is 12.6. The molecule has 0 aromatic rings. The van der Waals surface area contributed by atoms with E-state index in [4.69, 9.17) is 5.11 Å². The van der Waals surface area contributed by atoms with Crippen LogP contribution in [0.2, 0.25) is 0 Å². The topological polar surface area (TPSA) is 66.4 Å². The van der Waals surface area contributed by atoms with E-state index in [0.29, 0.717) is 13.0 Å². The number of aliphatic carboxylic acids is 1. The van der Waals surface area contributed by atoms with E-state index >= 15 is 0 Å². The van der Waals surface area contributed by atoms with Crippen molar-refractivity contribution >= 4 is 11.9 Å². The quantitative estimate of drug-likeness (QED) is 0.672. The summed E-state index contributed by atoms with van der Waals surface area (Å²) in [6, 6.07) is 0. The molecule has 0 fully saturated rings. The zero-order valence-corrected chi connectivity index (χ0v) is 10.1. The first-order chi connectivity index (χ1) is 7.37. The van der Waals surface area contributed by atoms with Crippen LogP contribution in [0.5, 0.6) is 0 Å². The minimum Gasteiger partial charge on any atom is -0.481 e. The zero-order valence-electron chi connectivity index (χ0n) is 10.1. The molecule has 0 spiro atoms. The summed E-state index contributed by atoms with van der Waals surface area (Å²) in [6.07, 6.45) is 1.52. The summed E-state index contributed by atoms with van der Waals surface area (Å²) in [5, 5.41) is 11.2. The lowest BCUT2D eigenvalue weighted by atomic mass is 9.84. The lowest BCUT2D eigenvalue weighted by molar-refractivity contribution is -0.137. The molecule has 0 bridgehead atoms. The maximum Gasteiger partial charge on any atom is 0.303 e. The van der Waals surface area contributed by atoms with Crippen LogP contribution in [0.15, 0.2) is 0 Å². The Morgan fingerprint density at radius 1 is 1.31 bits per heavy atom. The molecule has 16 heavy (non-hydrogen) atoms. The molecule has 90 valence electrons. The molecular formula is C12H19NO3. The lowest BCUT2D eigenvalue weighted by Crippen LogP contribution is -2.27. The van der Waals surface area contributed by atoms with Crippen molar-refractivity contribution in [3.63, 3.8) is 0 Å². The van der Waals surface area contributed by atoms with E-state index in [1.54, 1.807) is 6.92 Å². The van der Waals surface area contributed by atoms with E-state index in [1.165, 1.54) is 0 Å². The van der Waals surface area contributed by atoms with Gasteiger partial charge in [0.1, 0.15) is 0 Å². The van der Waals surface area contributed by atoms with Crippen molar-refractivity contribution in [2.45, 2.75) is 40.0 Å². The predicted octanol–water partition coefficient (Wildman–Crippen LogP) is 1.41. The van der Waals surface area contributed by atoms with Crippen molar-refractivity contribution in [2.24, 2.45) is 5.41 Å².